The molecule has 0 aliphatic carbocycles. The lowest BCUT2D eigenvalue weighted by Gasteiger charge is -2.11. The Morgan fingerprint density at radius 3 is 2.69 bits per heavy atom. The van der Waals surface area contributed by atoms with E-state index in [1.54, 1.807) is 6.07 Å². The summed E-state index contributed by atoms with van der Waals surface area (Å²) < 4.78 is 18.2. The summed E-state index contributed by atoms with van der Waals surface area (Å²) >= 11 is 0. The lowest BCUT2D eigenvalue weighted by Crippen LogP contribution is -2.20. The van der Waals surface area contributed by atoms with E-state index in [1.165, 1.54) is 18.1 Å². The number of benzene rings is 1. The standard InChI is InChI=1S/C12H15FNO2/c1-8(2)5-9-3-4-10(13)6-11(9)16-7-12(14)15/h3-4,6H,5,7H2,1-2H3,(H2,14,15). The summed E-state index contributed by atoms with van der Waals surface area (Å²) in [7, 11) is 0. The summed E-state index contributed by atoms with van der Waals surface area (Å²) in [6.07, 6.45) is 0.689. The van der Waals surface area contributed by atoms with Crippen molar-refractivity contribution in [2.45, 2.75) is 20.3 Å². The molecule has 1 aromatic carbocycles. The molecule has 0 aliphatic rings. The lowest BCUT2D eigenvalue weighted by atomic mass is 10.0. The average Bonchev–Trinajstić information content (AvgIpc) is 2.17. The molecular formula is C12H15FNO2. The van der Waals surface area contributed by atoms with Gasteiger partial charge in [0.05, 0.1) is 0 Å². The molecule has 1 radical (unpaired) electrons. The van der Waals surface area contributed by atoms with Gasteiger partial charge in [-0.25, -0.2) is 4.39 Å². The van der Waals surface area contributed by atoms with Crippen molar-refractivity contribution in [1.82, 2.24) is 0 Å². The first-order valence-electron chi connectivity index (χ1n) is 4.97. The fraction of sp³-hybridized carbons (Fsp3) is 0.333. The zero-order valence-electron chi connectivity index (χ0n) is 9.42. The zero-order chi connectivity index (χ0) is 12.1. The summed E-state index contributed by atoms with van der Waals surface area (Å²) in [6, 6.07) is 4.29. The summed E-state index contributed by atoms with van der Waals surface area (Å²) in [5, 5.41) is 0. The molecule has 0 saturated heterocycles. The van der Waals surface area contributed by atoms with Gasteiger partial charge in [-0.3, -0.25) is 4.79 Å². The third-order valence-corrected chi connectivity index (χ3v) is 1.94. The van der Waals surface area contributed by atoms with Crippen LogP contribution in [0.3, 0.4) is 0 Å². The van der Waals surface area contributed by atoms with Crippen LogP contribution in [0, 0.1) is 11.7 Å². The number of primary amides is 1. The summed E-state index contributed by atoms with van der Waals surface area (Å²) in [6.45, 7) is 3.71. The van der Waals surface area contributed by atoms with Crippen molar-refractivity contribution >= 4 is 5.91 Å². The number of nitrogens with two attached hydrogens (primary N) is 1. The predicted octanol–water partition coefficient (Wildman–Crippen LogP) is 1.85. The molecule has 87 valence electrons. The quantitative estimate of drug-likeness (QED) is 0.829. The Morgan fingerprint density at radius 2 is 2.12 bits per heavy atom. The molecule has 1 aromatic rings. The molecule has 16 heavy (non-hydrogen) atoms. The van der Waals surface area contributed by atoms with Crippen LogP contribution >= 0.6 is 0 Å². The Hall–Kier alpha value is -1.58. The van der Waals surface area contributed by atoms with Crippen LogP contribution in [0.1, 0.15) is 19.4 Å². The van der Waals surface area contributed by atoms with Gasteiger partial charge in [-0.2, -0.15) is 0 Å². The maximum absolute atomic E-state index is 13.0. The highest BCUT2D eigenvalue weighted by Crippen LogP contribution is 2.23. The van der Waals surface area contributed by atoms with E-state index in [-0.39, 0.29) is 6.61 Å². The molecule has 0 unspecified atom stereocenters. The summed E-state index contributed by atoms with van der Waals surface area (Å²) in [5.41, 5.74) is 5.82. The zero-order valence-corrected chi connectivity index (χ0v) is 9.42. The number of ether oxygens (including phenoxy) is 1. The molecule has 4 heteroatoms. The molecule has 3 nitrogen and oxygen atoms in total. The molecule has 0 fully saturated rings. The van der Waals surface area contributed by atoms with Crippen LogP contribution in [0.4, 0.5) is 4.39 Å². The van der Waals surface area contributed by atoms with Gasteiger partial charge in [0.2, 0.25) is 0 Å². The van der Waals surface area contributed by atoms with E-state index >= 15 is 0 Å². The van der Waals surface area contributed by atoms with E-state index in [9.17, 15) is 9.18 Å². The number of hydrogen-bond acceptors (Lipinski definition) is 2. The third kappa shape index (κ3) is 3.88. The van der Waals surface area contributed by atoms with Gasteiger partial charge in [0.15, 0.2) is 6.61 Å². The second-order valence-electron chi connectivity index (χ2n) is 3.89. The molecule has 0 heterocycles. The van der Waals surface area contributed by atoms with Crippen LogP contribution in [0.15, 0.2) is 18.2 Å². The molecule has 0 bridgehead atoms. The highest BCUT2D eigenvalue weighted by Gasteiger charge is 2.08. The van der Waals surface area contributed by atoms with E-state index in [0.717, 1.165) is 5.56 Å². The lowest BCUT2D eigenvalue weighted by molar-refractivity contribution is -0.119. The van der Waals surface area contributed by atoms with E-state index < -0.39 is 11.7 Å². The molecule has 0 aliphatic heterocycles. The predicted molar refractivity (Wildman–Crippen MR) is 59.4 cm³/mol. The maximum Gasteiger partial charge on any atom is 0.255 e. The number of hydrogen-bond donors (Lipinski definition) is 1. The molecule has 0 saturated carbocycles. The van der Waals surface area contributed by atoms with Crippen molar-refractivity contribution in [3.05, 3.63) is 35.5 Å². The Labute approximate surface area is 94.4 Å². The number of amides is 1. The van der Waals surface area contributed by atoms with Crippen molar-refractivity contribution in [2.75, 3.05) is 6.61 Å². The molecule has 0 spiro atoms. The number of carbonyl (C=O) groups is 1. The summed E-state index contributed by atoms with van der Waals surface area (Å²) in [5.74, 6) is 0.583. The highest BCUT2D eigenvalue weighted by atomic mass is 19.1. The average molecular weight is 224 g/mol. The SMILES string of the molecule is C[C](C)Cc1ccc(F)cc1OCC(N)=O. The number of halogens is 1. The Balaban J connectivity index is 2.84. The van der Waals surface area contributed by atoms with Gasteiger partial charge in [0, 0.05) is 6.07 Å². The second kappa shape index (κ2) is 5.49. The topological polar surface area (TPSA) is 52.3 Å². The Kier molecular flexibility index (Phi) is 4.28. The van der Waals surface area contributed by atoms with Gasteiger partial charge >= 0.3 is 0 Å². The molecule has 1 rings (SSSR count). The van der Waals surface area contributed by atoms with Gasteiger partial charge in [-0.05, 0) is 24.0 Å². The Morgan fingerprint density at radius 1 is 1.44 bits per heavy atom. The Bertz CT molecular complexity index is 377. The van der Waals surface area contributed by atoms with E-state index in [4.69, 9.17) is 10.5 Å². The number of rotatable bonds is 5. The first kappa shape index (κ1) is 12.5. The van der Waals surface area contributed by atoms with Crippen molar-refractivity contribution < 1.29 is 13.9 Å². The van der Waals surface area contributed by atoms with Crippen LogP contribution in [-0.4, -0.2) is 12.5 Å². The van der Waals surface area contributed by atoms with E-state index in [1.807, 2.05) is 13.8 Å². The van der Waals surface area contributed by atoms with Crippen molar-refractivity contribution in [2.24, 2.45) is 5.73 Å². The summed E-state index contributed by atoms with van der Waals surface area (Å²) in [4.78, 5) is 10.6. The van der Waals surface area contributed by atoms with Crippen LogP contribution in [0.5, 0.6) is 5.75 Å². The monoisotopic (exact) mass is 224 g/mol. The minimum atomic E-state index is -0.576. The molecule has 0 atom stereocenters. The van der Waals surface area contributed by atoms with Crippen LogP contribution in [0.2, 0.25) is 0 Å². The normalized spacial score (nSPS) is 10.5. The van der Waals surface area contributed by atoms with Crippen LogP contribution in [0.25, 0.3) is 0 Å². The second-order valence-corrected chi connectivity index (χ2v) is 3.89. The van der Waals surface area contributed by atoms with Gasteiger partial charge in [0.25, 0.3) is 5.91 Å². The van der Waals surface area contributed by atoms with Crippen molar-refractivity contribution in [3.8, 4) is 5.75 Å². The van der Waals surface area contributed by atoms with Crippen molar-refractivity contribution in [3.63, 3.8) is 0 Å². The molecule has 0 aromatic heterocycles. The fourth-order valence-electron chi connectivity index (χ4n) is 1.34. The first-order valence-corrected chi connectivity index (χ1v) is 4.97. The minimum Gasteiger partial charge on any atom is -0.483 e. The van der Waals surface area contributed by atoms with Gasteiger partial charge in [-0.15, -0.1) is 0 Å². The highest BCUT2D eigenvalue weighted by molar-refractivity contribution is 5.75. The third-order valence-electron chi connectivity index (χ3n) is 1.94. The van der Waals surface area contributed by atoms with Gasteiger partial charge in [-0.1, -0.05) is 19.9 Å². The van der Waals surface area contributed by atoms with Crippen molar-refractivity contribution in [1.29, 1.82) is 0 Å². The largest absolute Gasteiger partial charge is 0.483 e. The minimum absolute atomic E-state index is 0.237. The number of carbonyl (C=O) groups excluding carboxylic acids is 1. The van der Waals surface area contributed by atoms with Gasteiger partial charge < -0.3 is 10.5 Å². The van der Waals surface area contributed by atoms with E-state index in [0.29, 0.717) is 12.2 Å². The van der Waals surface area contributed by atoms with Crippen LogP contribution in [-0.2, 0) is 11.2 Å². The maximum atomic E-state index is 13.0. The first-order chi connectivity index (χ1) is 7.49. The fourth-order valence-corrected chi connectivity index (χ4v) is 1.34. The molecule has 2 N–H and O–H groups in total. The van der Waals surface area contributed by atoms with E-state index in [2.05, 4.69) is 0 Å². The van der Waals surface area contributed by atoms with Gasteiger partial charge in [0.1, 0.15) is 11.6 Å². The smallest absolute Gasteiger partial charge is 0.255 e. The molecular weight excluding hydrogens is 209 g/mol. The van der Waals surface area contributed by atoms with Crippen LogP contribution < -0.4 is 10.5 Å². The molecule has 1 amide bonds.